The van der Waals surface area contributed by atoms with Crippen LogP contribution in [0.15, 0.2) is 69.1 Å². The van der Waals surface area contributed by atoms with Crippen LogP contribution in [0.1, 0.15) is 33.3 Å². The van der Waals surface area contributed by atoms with Crippen LogP contribution in [0, 0.1) is 12.8 Å². The molecule has 0 radical (unpaired) electrons. The van der Waals surface area contributed by atoms with Gasteiger partial charge in [0.25, 0.3) is 0 Å². The minimum absolute atomic E-state index is 0. The molecule has 0 spiro atoms. The summed E-state index contributed by atoms with van der Waals surface area (Å²) in [4.78, 5) is 0. The zero-order chi connectivity index (χ0) is 19.7. The first-order valence-electron chi connectivity index (χ1n) is 9.90. The maximum atomic E-state index is 6.88. The van der Waals surface area contributed by atoms with E-state index >= 15 is 0 Å². The average Bonchev–Trinajstić information content (AvgIpc) is 2.83. The van der Waals surface area contributed by atoms with E-state index in [-0.39, 0.29) is 24.8 Å². The van der Waals surface area contributed by atoms with Gasteiger partial charge < -0.3 is 0 Å². The summed E-state index contributed by atoms with van der Waals surface area (Å²) in [6.07, 6.45) is 0. The third kappa shape index (κ3) is 5.68. The predicted molar refractivity (Wildman–Crippen MR) is 131 cm³/mol. The summed E-state index contributed by atoms with van der Waals surface area (Å²) in [5.74, 6) is 1.63. The molecule has 0 fully saturated rings. The fourth-order valence-corrected chi connectivity index (χ4v) is 14.0. The molecule has 157 valence electrons. The maximum Gasteiger partial charge on any atom is -0.147 e. The van der Waals surface area contributed by atoms with Crippen LogP contribution in [0.4, 0.5) is 0 Å². The van der Waals surface area contributed by atoms with Gasteiger partial charge in [-0.1, -0.05) is 0 Å². The van der Waals surface area contributed by atoms with Crippen LogP contribution in [-0.2, 0) is 17.5 Å². The van der Waals surface area contributed by atoms with Gasteiger partial charge >= 0.3 is 173 Å². The summed E-state index contributed by atoms with van der Waals surface area (Å²) in [7, 11) is 0. The van der Waals surface area contributed by atoms with Crippen LogP contribution >= 0.6 is 24.8 Å². The van der Waals surface area contributed by atoms with E-state index in [4.69, 9.17) is 3.32 Å². The smallest absolute Gasteiger partial charge is 0.147 e. The number of allylic oxidation sites excluding steroid dienone is 4. The molecular weight excluding hydrogens is 451 g/mol. The van der Waals surface area contributed by atoms with Crippen molar-refractivity contribution in [3.05, 3.63) is 74.7 Å². The molecule has 0 amide bonds. The molecule has 0 aromatic heterocycles. The third-order valence-corrected chi connectivity index (χ3v) is 16.3. The first kappa shape index (κ1) is 26.3. The van der Waals surface area contributed by atoms with Gasteiger partial charge in [-0.15, -0.1) is 24.8 Å². The topological polar surface area (TPSA) is 9.23 Å². The molecule has 3 rings (SSSR count). The van der Waals surface area contributed by atoms with Gasteiger partial charge in [0.2, 0.25) is 0 Å². The largest absolute Gasteiger partial charge is 0.147 e. The van der Waals surface area contributed by atoms with Gasteiger partial charge in [-0.3, -0.25) is 0 Å². The Morgan fingerprint density at radius 3 is 1.97 bits per heavy atom. The van der Waals surface area contributed by atoms with E-state index in [1.807, 2.05) is 0 Å². The van der Waals surface area contributed by atoms with E-state index < -0.39 is 24.2 Å². The van der Waals surface area contributed by atoms with E-state index in [1.54, 1.807) is 9.45 Å². The van der Waals surface area contributed by atoms with Crippen molar-refractivity contribution in [2.24, 2.45) is 5.92 Å². The third-order valence-electron chi connectivity index (χ3n) is 5.82. The number of hydrogen-bond donors (Lipinski definition) is 0. The van der Waals surface area contributed by atoms with Crippen LogP contribution in [0.2, 0.25) is 13.1 Å². The van der Waals surface area contributed by atoms with Crippen LogP contribution in [-0.4, -0.2) is 6.66 Å². The Kier molecular flexibility index (Phi) is 9.98. The Morgan fingerprint density at radius 1 is 0.828 bits per heavy atom. The molecule has 0 aliphatic heterocycles. The van der Waals surface area contributed by atoms with Crippen LogP contribution in [0.25, 0.3) is 11.1 Å². The molecule has 1 unspecified atom stereocenters. The number of aryl methyl sites for hydroxylation is 1. The summed E-state index contributed by atoms with van der Waals surface area (Å²) in [6.45, 7) is 15.5. The first-order valence-corrected chi connectivity index (χ1v) is 16.9. The Labute approximate surface area is 196 Å². The number of halogens is 2. The molecular formula is C24H33Cl2OSiTi. The van der Waals surface area contributed by atoms with Gasteiger partial charge in [0.05, 0.1) is 0 Å². The minimum Gasteiger partial charge on any atom is -0.147 e. The fraction of sp³-hybridized carbons (Fsp3) is 0.333. The normalized spacial score (nSPS) is 15.9. The summed E-state index contributed by atoms with van der Waals surface area (Å²) in [6, 6.07) is 17.3. The van der Waals surface area contributed by atoms with Crippen molar-refractivity contribution in [2.75, 3.05) is 0 Å². The van der Waals surface area contributed by atoms with Gasteiger partial charge in [-0.25, -0.2) is 0 Å². The first-order chi connectivity index (χ1) is 12.8. The number of benzene rings is 2. The molecule has 0 N–H and O–H groups in total. The zero-order valence-corrected chi connectivity index (χ0v) is 22.8. The monoisotopic (exact) mass is 483 g/mol. The molecule has 0 saturated carbocycles. The van der Waals surface area contributed by atoms with Crippen LogP contribution in [0.3, 0.4) is 0 Å². The van der Waals surface area contributed by atoms with E-state index in [9.17, 15) is 0 Å². The second kappa shape index (κ2) is 11.0. The molecule has 5 heteroatoms. The van der Waals surface area contributed by atoms with Crippen molar-refractivity contribution in [3.63, 3.8) is 0 Å². The summed E-state index contributed by atoms with van der Waals surface area (Å²) in [5, 5.41) is 0. The number of rotatable bonds is 5. The SMILES string of the molecule is CC1=C(C)C(C)[C]([Ti]([O]c2cc(C)cc(-c3ccccc3)c2)[SiH](C)C)=C1C.Cl.Cl. The van der Waals surface area contributed by atoms with Crippen molar-refractivity contribution < 1.29 is 20.8 Å². The van der Waals surface area contributed by atoms with Crippen LogP contribution < -0.4 is 3.32 Å². The molecule has 1 aliphatic carbocycles. The van der Waals surface area contributed by atoms with Crippen molar-refractivity contribution in [1.29, 1.82) is 0 Å². The molecule has 29 heavy (non-hydrogen) atoms. The summed E-state index contributed by atoms with van der Waals surface area (Å²) < 4.78 is 8.56. The van der Waals surface area contributed by atoms with Gasteiger partial charge in [0.15, 0.2) is 0 Å². The predicted octanol–water partition coefficient (Wildman–Crippen LogP) is 7.66. The van der Waals surface area contributed by atoms with Crippen LogP contribution in [0.5, 0.6) is 5.75 Å². The second-order valence-electron chi connectivity index (χ2n) is 8.09. The maximum absolute atomic E-state index is 6.88. The van der Waals surface area contributed by atoms with Gasteiger partial charge in [-0.05, 0) is 0 Å². The molecule has 0 heterocycles. The zero-order valence-electron chi connectivity index (χ0n) is 18.5. The minimum atomic E-state index is -1.77. The molecule has 1 aliphatic rings. The van der Waals surface area contributed by atoms with Crippen molar-refractivity contribution in [3.8, 4) is 16.9 Å². The summed E-state index contributed by atoms with van der Waals surface area (Å²) in [5.41, 5.74) is 8.34. The fourth-order valence-electron chi connectivity index (χ4n) is 3.98. The molecule has 0 saturated heterocycles. The van der Waals surface area contributed by atoms with Crippen molar-refractivity contribution in [2.45, 2.75) is 47.7 Å². The molecule has 1 nitrogen and oxygen atoms in total. The van der Waals surface area contributed by atoms with E-state index in [0.29, 0.717) is 5.92 Å². The molecule has 2 aromatic carbocycles. The molecule has 1 atom stereocenters. The van der Waals surface area contributed by atoms with Gasteiger partial charge in [-0.2, -0.15) is 0 Å². The molecule has 2 aromatic rings. The van der Waals surface area contributed by atoms with Crippen molar-refractivity contribution >= 4 is 31.5 Å². The molecule has 0 bridgehead atoms. The standard InChI is InChI=1S/C13H12O.C9H13.C2H7Si.2ClH.Ti/c1-10-7-12(9-13(14)8-10)11-5-3-2-4-6-11;1-6-5-7(2)9(4)8(6)3;1-3-2;;;/h2-9,14H,1H3;6H,1-4H3;3H,1-2H3;2*1H;/q;;;;;+1/p-1. The quantitative estimate of drug-likeness (QED) is 0.396. The van der Waals surface area contributed by atoms with Crippen molar-refractivity contribution in [1.82, 2.24) is 0 Å². The number of hydrogen-bond acceptors (Lipinski definition) is 1. The van der Waals surface area contributed by atoms with E-state index in [0.717, 1.165) is 5.75 Å². The Morgan fingerprint density at radius 2 is 1.45 bits per heavy atom. The van der Waals surface area contributed by atoms with E-state index in [2.05, 4.69) is 96.2 Å². The Hall–Kier alpha value is -0.769. The average molecular weight is 484 g/mol. The second-order valence-corrected chi connectivity index (χ2v) is 20.3. The Bertz CT molecular complexity index is 906. The summed E-state index contributed by atoms with van der Waals surface area (Å²) >= 11 is -1.77. The van der Waals surface area contributed by atoms with E-state index in [1.165, 1.54) is 27.8 Å². The van der Waals surface area contributed by atoms with Gasteiger partial charge in [0.1, 0.15) is 0 Å². The van der Waals surface area contributed by atoms with Gasteiger partial charge in [0, 0.05) is 0 Å². The Balaban J connectivity index is 0.00000210.